The summed E-state index contributed by atoms with van der Waals surface area (Å²) in [7, 11) is 0. The first-order valence-corrected chi connectivity index (χ1v) is 6.30. The molecule has 0 saturated heterocycles. The number of rotatable bonds is 9. The summed E-state index contributed by atoms with van der Waals surface area (Å²) in [6.45, 7) is 8.74. The van der Waals surface area contributed by atoms with Gasteiger partial charge < -0.3 is 14.8 Å². The van der Waals surface area contributed by atoms with Crippen LogP contribution in [0.25, 0.3) is 0 Å². The highest BCUT2D eigenvalue weighted by Crippen LogP contribution is 2.35. The third kappa shape index (κ3) is 4.49. The van der Waals surface area contributed by atoms with Crippen LogP contribution in [0.5, 0.6) is 0 Å². The second-order valence-electron chi connectivity index (χ2n) is 4.10. The van der Waals surface area contributed by atoms with E-state index in [0.29, 0.717) is 6.04 Å². The zero-order valence-corrected chi connectivity index (χ0v) is 10.3. The highest BCUT2D eigenvalue weighted by Gasteiger charge is 2.37. The van der Waals surface area contributed by atoms with Gasteiger partial charge in [0.05, 0.1) is 6.04 Å². The Morgan fingerprint density at radius 2 is 1.73 bits per heavy atom. The number of hydrogen-bond donors (Lipinski definition) is 1. The van der Waals surface area contributed by atoms with Gasteiger partial charge in [-0.05, 0) is 45.6 Å². The first kappa shape index (κ1) is 12.9. The summed E-state index contributed by atoms with van der Waals surface area (Å²) in [5, 5.41) is 3.55. The summed E-state index contributed by atoms with van der Waals surface area (Å²) in [6.07, 6.45) is 3.74. The largest absolute Gasteiger partial charge is 0.351 e. The molecule has 1 unspecified atom stereocenters. The van der Waals surface area contributed by atoms with Gasteiger partial charge in [-0.3, -0.25) is 0 Å². The van der Waals surface area contributed by atoms with Gasteiger partial charge in [-0.15, -0.1) is 0 Å². The lowest BCUT2D eigenvalue weighted by molar-refractivity contribution is -0.157. The van der Waals surface area contributed by atoms with Crippen LogP contribution < -0.4 is 5.32 Å². The molecule has 0 aliphatic heterocycles. The second kappa shape index (κ2) is 7.20. The molecule has 1 aliphatic rings. The molecule has 0 radical (unpaired) electrons. The van der Waals surface area contributed by atoms with Gasteiger partial charge >= 0.3 is 0 Å². The van der Waals surface area contributed by atoms with E-state index in [-0.39, 0.29) is 6.29 Å². The van der Waals surface area contributed by atoms with Crippen molar-refractivity contribution in [3.8, 4) is 0 Å². The van der Waals surface area contributed by atoms with Crippen LogP contribution in [-0.4, -0.2) is 32.1 Å². The maximum atomic E-state index is 5.66. The van der Waals surface area contributed by atoms with Gasteiger partial charge in [0.2, 0.25) is 0 Å². The Labute approximate surface area is 93.5 Å². The van der Waals surface area contributed by atoms with Gasteiger partial charge in [-0.25, -0.2) is 0 Å². The van der Waals surface area contributed by atoms with Crippen LogP contribution in [0.4, 0.5) is 0 Å². The van der Waals surface area contributed by atoms with E-state index in [9.17, 15) is 0 Å². The van der Waals surface area contributed by atoms with Gasteiger partial charge in [-0.2, -0.15) is 0 Å². The van der Waals surface area contributed by atoms with E-state index in [2.05, 4.69) is 12.2 Å². The molecule has 0 amide bonds. The summed E-state index contributed by atoms with van der Waals surface area (Å²) in [5.74, 6) is 0.764. The first-order chi connectivity index (χ1) is 7.33. The van der Waals surface area contributed by atoms with Crippen molar-refractivity contribution >= 4 is 0 Å². The molecule has 90 valence electrons. The lowest BCUT2D eigenvalue weighted by Gasteiger charge is -2.27. The molecule has 1 saturated carbocycles. The van der Waals surface area contributed by atoms with Gasteiger partial charge in [0.25, 0.3) is 0 Å². The summed E-state index contributed by atoms with van der Waals surface area (Å²) < 4.78 is 11.3. The van der Waals surface area contributed by atoms with Gasteiger partial charge in [0.1, 0.15) is 0 Å². The van der Waals surface area contributed by atoms with E-state index >= 15 is 0 Å². The molecule has 0 bridgehead atoms. The van der Waals surface area contributed by atoms with E-state index in [4.69, 9.17) is 9.47 Å². The molecule has 3 heteroatoms. The Hall–Kier alpha value is -0.120. The second-order valence-corrected chi connectivity index (χ2v) is 4.10. The van der Waals surface area contributed by atoms with Crippen LogP contribution in [0, 0.1) is 5.92 Å². The van der Waals surface area contributed by atoms with Crippen LogP contribution in [-0.2, 0) is 9.47 Å². The first-order valence-electron chi connectivity index (χ1n) is 6.30. The number of nitrogens with one attached hydrogen (secondary N) is 1. The molecule has 1 atom stereocenters. The summed E-state index contributed by atoms with van der Waals surface area (Å²) in [5.41, 5.74) is 0. The average Bonchev–Trinajstić information content (AvgIpc) is 3.03. The molecule has 15 heavy (non-hydrogen) atoms. The molecule has 0 heterocycles. The van der Waals surface area contributed by atoms with Crippen molar-refractivity contribution in [1.29, 1.82) is 0 Å². The molecular weight excluding hydrogens is 190 g/mol. The minimum atomic E-state index is -0.0564. The zero-order valence-electron chi connectivity index (χ0n) is 10.3. The standard InChI is InChI=1S/C12H25NO2/c1-4-9-13-11(10-7-8-10)12(14-5-2)15-6-3/h10-13H,4-9H2,1-3H3. The Morgan fingerprint density at radius 3 is 2.13 bits per heavy atom. The highest BCUT2D eigenvalue weighted by molar-refractivity contribution is 4.88. The minimum absolute atomic E-state index is 0.0564. The fourth-order valence-corrected chi connectivity index (χ4v) is 1.84. The van der Waals surface area contributed by atoms with Gasteiger partial charge in [-0.1, -0.05) is 6.92 Å². The third-order valence-corrected chi connectivity index (χ3v) is 2.71. The van der Waals surface area contributed by atoms with Crippen molar-refractivity contribution in [2.24, 2.45) is 5.92 Å². The van der Waals surface area contributed by atoms with Crippen LogP contribution in [0.3, 0.4) is 0 Å². The van der Waals surface area contributed by atoms with E-state index in [0.717, 1.165) is 32.1 Å². The summed E-state index contributed by atoms with van der Waals surface area (Å²) in [4.78, 5) is 0. The molecule has 0 aromatic heterocycles. The van der Waals surface area contributed by atoms with Crippen molar-refractivity contribution < 1.29 is 9.47 Å². The molecule has 3 nitrogen and oxygen atoms in total. The molecule has 1 fully saturated rings. The zero-order chi connectivity index (χ0) is 11.1. The molecule has 1 aliphatic carbocycles. The van der Waals surface area contributed by atoms with Gasteiger partial charge in [0.15, 0.2) is 6.29 Å². The van der Waals surface area contributed by atoms with Crippen molar-refractivity contribution in [3.63, 3.8) is 0 Å². The monoisotopic (exact) mass is 215 g/mol. The lowest BCUT2D eigenvalue weighted by Crippen LogP contribution is -2.45. The molecule has 1 rings (SSSR count). The van der Waals surface area contributed by atoms with Gasteiger partial charge in [0, 0.05) is 13.2 Å². The van der Waals surface area contributed by atoms with Crippen LogP contribution in [0.2, 0.25) is 0 Å². The highest BCUT2D eigenvalue weighted by atomic mass is 16.7. The minimum Gasteiger partial charge on any atom is -0.351 e. The SMILES string of the molecule is CCCNC(C1CC1)C(OCC)OCC. The van der Waals surface area contributed by atoms with Crippen LogP contribution in [0.15, 0.2) is 0 Å². The maximum absolute atomic E-state index is 5.66. The van der Waals surface area contributed by atoms with Crippen molar-refractivity contribution in [1.82, 2.24) is 5.32 Å². The topological polar surface area (TPSA) is 30.5 Å². The molecule has 0 spiro atoms. The van der Waals surface area contributed by atoms with Crippen LogP contribution in [0.1, 0.15) is 40.0 Å². The predicted molar refractivity (Wildman–Crippen MR) is 61.8 cm³/mol. The smallest absolute Gasteiger partial charge is 0.172 e. The fraction of sp³-hybridized carbons (Fsp3) is 1.00. The summed E-state index contributed by atoms with van der Waals surface area (Å²) in [6, 6.07) is 0.393. The number of ether oxygens (including phenoxy) is 2. The normalized spacial score (nSPS) is 18.4. The van der Waals surface area contributed by atoms with Crippen molar-refractivity contribution in [2.45, 2.75) is 52.4 Å². The lowest BCUT2D eigenvalue weighted by atomic mass is 10.1. The van der Waals surface area contributed by atoms with Crippen LogP contribution >= 0.6 is 0 Å². The quantitative estimate of drug-likeness (QED) is 0.598. The fourth-order valence-electron chi connectivity index (χ4n) is 1.84. The third-order valence-electron chi connectivity index (χ3n) is 2.71. The average molecular weight is 215 g/mol. The maximum Gasteiger partial charge on any atom is 0.172 e. The molecular formula is C12H25NO2. The van der Waals surface area contributed by atoms with Crippen molar-refractivity contribution in [2.75, 3.05) is 19.8 Å². The Balaban J connectivity index is 2.40. The Kier molecular flexibility index (Phi) is 6.22. The van der Waals surface area contributed by atoms with E-state index in [1.54, 1.807) is 0 Å². The molecule has 0 aromatic rings. The van der Waals surface area contributed by atoms with E-state index in [1.165, 1.54) is 12.8 Å². The van der Waals surface area contributed by atoms with E-state index in [1.807, 2.05) is 13.8 Å². The Morgan fingerprint density at radius 1 is 1.13 bits per heavy atom. The summed E-state index contributed by atoms with van der Waals surface area (Å²) >= 11 is 0. The molecule has 1 N–H and O–H groups in total. The number of hydrogen-bond acceptors (Lipinski definition) is 3. The van der Waals surface area contributed by atoms with Crippen molar-refractivity contribution in [3.05, 3.63) is 0 Å². The Bertz CT molecular complexity index is 154. The predicted octanol–water partition coefficient (Wildman–Crippen LogP) is 2.16. The molecule has 0 aromatic carbocycles. The van der Waals surface area contributed by atoms with E-state index < -0.39 is 0 Å².